The molecular formula is C18H24F2N2O2. The molecule has 0 bridgehead atoms. The highest BCUT2D eigenvalue weighted by atomic mass is 19.1. The number of carbonyl (C=O) groups is 1. The van der Waals surface area contributed by atoms with E-state index in [1.54, 1.807) is 0 Å². The molecule has 0 radical (unpaired) electrons. The van der Waals surface area contributed by atoms with Crippen LogP contribution in [0.1, 0.15) is 25.8 Å². The van der Waals surface area contributed by atoms with E-state index in [1.165, 1.54) is 12.1 Å². The van der Waals surface area contributed by atoms with Crippen LogP contribution in [0.2, 0.25) is 0 Å². The lowest BCUT2D eigenvalue weighted by atomic mass is 9.93. The molecule has 24 heavy (non-hydrogen) atoms. The minimum absolute atomic E-state index is 0.0375. The van der Waals surface area contributed by atoms with Gasteiger partial charge in [-0.3, -0.25) is 9.69 Å². The van der Waals surface area contributed by atoms with Crippen LogP contribution in [0.5, 0.6) is 0 Å². The predicted octanol–water partition coefficient (Wildman–Crippen LogP) is 2.42. The molecule has 0 aliphatic carbocycles. The van der Waals surface area contributed by atoms with Gasteiger partial charge in [0.1, 0.15) is 18.2 Å². The molecule has 2 heterocycles. The minimum Gasteiger partial charge on any atom is -0.368 e. The van der Waals surface area contributed by atoms with E-state index in [9.17, 15) is 13.6 Å². The van der Waals surface area contributed by atoms with E-state index >= 15 is 0 Å². The number of hydrogen-bond donors (Lipinski definition) is 0. The smallest absolute Gasteiger partial charge is 0.248 e. The Labute approximate surface area is 141 Å². The molecule has 0 saturated carbocycles. The van der Waals surface area contributed by atoms with Gasteiger partial charge in [-0.25, -0.2) is 8.78 Å². The van der Waals surface area contributed by atoms with Crippen molar-refractivity contribution in [3.05, 3.63) is 35.4 Å². The largest absolute Gasteiger partial charge is 0.368 e. The van der Waals surface area contributed by atoms with Crippen molar-refractivity contribution in [1.29, 1.82) is 0 Å². The fourth-order valence-corrected chi connectivity index (χ4v) is 3.63. The molecule has 1 aromatic rings. The van der Waals surface area contributed by atoms with Crippen LogP contribution in [0.4, 0.5) is 8.78 Å². The van der Waals surface area contributed by atoms with Gasteiger partial charge in [0.05, 0.1) is 6.10 Å². The third-order valence-electron chi connectivity index (χ3n) is 4.95. The fraction of sp³-hybridized carbons (Fsp3) is 0.611. The quantitative estimate of drug-likeness (QED) is 0.849. The molecule has 2 fully saturated rings. The van der Waals surface area contributed by atoms with Gasteiger partial charge in [0, 0.05) is 49.8 Å². The van der Waals surface area contributed by atoms with Crippen LogP contribution in [0.25, 0.3) is 0 Å². The Kier molecular flexibility index (Phi) is 5.15. The maximum Gasteiger partial charge on any atom is 0.248 e. The summed E-state index contributed by atoms with van der Waals surface area (Å²) in [5.41, 5.74) is 0.501. The number of rotatable bonds is 3. The van der Waals surface area contributed by atoms with Crippen LogP contribution < -0.4 is 0 Å². The molecular weight excluding hydrogens is 314 g/mol. The highest BCUT2D eigenvalue weighted by Gasteiger charge is 2.36. The predicted molar refractivity (Wildman–Crippen MR) is 86.3 cm³/mol. The Bertz CT molecular complexity index is 609. The molecule has 6 heteroatoms. The van der Waals surface area contributed by atoms with E-state index in [0.717, 1.165) is 25.6 Å². The van der Waals surface area contributed by atoms with Gasteiger partial charge in [0.15, 0.2) is 0 Å². The second-order valence-electron chi connectivity index (χ2n) is 7.01. The molecule has 4 nitrogen and oxygen atoms in total. The zero-order chi connectivity index (χ0) is 17.3. The molecule has 2 saturated heterocycles. The Morgan fingerprint density at radius 1 is 1.29 bits per heavy atom. The number of fused-ring (bicyclic) bond motifs is 1. The summed E-state index contributed by atoms with van der Waals surface area (Å²) in [7, 11) is 0. The summed E-state index contributed by atoms with van der Waals surface area (Å²) in [6.07, 6.45) is 0.902. The molecule has 0 spiro atoms. The third-order valence-corrected chi connectivity index (χ3v) is 4.95. The van der Waals surface area contributed by atoms with Crippen molar-refractivity contribution in [2.75, 3.05) is 26.2 Å². The standard InChI is InChI=1S/C18H24F2N2O2/c1-12(2)22-10-14-9-21(6-5-17(14)24-11-18(22)23)8-13-3-4-15(19)7-16(13)20/h3-4,7,12,14,17H,5-6,8-11H2,1-2H3/t14-,17+/m1/s1. The fourth-order valence-electron chi connectivity index (χ4n) is 3.63. The van der Waals surface area contributed by atoms with Crippen molar-refractivity contribution in [2.24, 2.45) is 5.92 Å². The van der Waals surface area contributed by atoms with Gasteiger partial charge in [-0.05, 0) is 26.3 Å². The Morgan fingerprint density at radius 3 is 2.79 bits per heavy atom. The van der Waals surface area contributed by atoms with E-state index in [-0.39, 0.29) is 30.6 Å². The van der Waals surface area contributed by atoms with Gasteiger partial charge in [-0.1, -0.05) is 6.07 Å². The SMILES string of the molecule is CC(C)N1C[C@H]2CN(Cc3ccc(F)cc3F)CC[C@@H]2OCC1=O. The zero-order valence-corrected chi connectivity index (χ0v) is 14.2. The molecule has 1 amide bonds. The Morgan fingerprint density at radius 2 is 2.08 bits per heavy atom. The number of amides is 1. The Hall–Kier alpha value is -1.53. The molecule has 1 aromatic carbocycles. The number of hydrogen-bond acceptors (Lipinski definition) is 3. The summed E-state index contributed by atoms with van der Waals surface area (Å²) in [4.78, 5) is 16.2. The second-order valence-corrected chi connectivity index (χ2v) is 7.01. The van der Waals surface area contributed by atoms with Gasteiger partial charge < -0.3 is 9.64 Å². The van der Waals surface area contributed by atoms with Gasteiger partial charge in [0.2, 0.25) is 5.91 Å². The number of ether oxygens (including phenoxy) is 1. The van der Waals surface area contributed by atoms with Gasteiger partial charge in [0.25, 0.3) is 0 Å². The summed E-state index contributed by atoms with van der Waals surface area (Å²) in [6.45, 7) is 6.81. The van der Waals surface area contributed by atoms with Crippen molar-refractivity contribution in [3.8, 4) is 0 Å². The average molecular weight is 338 g/mol. The van der Waals surface area contributed by atoms with E-state index in [0.29, 0.717) is 18.7 Å². The molecule has 2 aliphatic rings. The van der Waals surface area contributed by atoms with Crippen LogP contribution in [0.3, 0.4) is 0 Å². The summed E-state index contributed by atoms with van der Waals surface area (Å²) >= 11 is 0. The van der Waals surface area contributed by atoms with Gasteiger partial charge >= 0.3 is 0 Å². The van der Waals surface area contributed by atoms with Crippen molar-refractivity contribution in [1.82, 2.24) is 9.80 Å². The summed E-state index contributed by atoms with van der Waals surface area (Å²) in [6, 6.07) is 3.86. The highest BCUT2D eigenvalue weighted by Crippen LogP contribution is 2.26. The van der Waals surface area contributed by atoms with Crippen LogP contribution >= 0.6 is 0 Å². The summed E-state index contributed by atoms with van der Waals surface area (Å²) in [5, 5.41) is 0. The van der Waals surface area contributed by atoms with Crippen LogP contribution in [-0.2, 0) is 16.1 Å². The first kappa shape index (κ1) is 17.3. The van der Waals surface area contributed by atoms with E-state index in [1.807, 2.05) is 18.7 Å². The molecule has 2 atom stereocenters. The number of benzene rings is 1. The number of likely N-dealkylation sites (tertiary alicyclic amines) is 1. The maximum absolute atomic E-state index is 13.9. The van der Waals surface area contributed by atoms with Crippen molar-refractivity contribution >= 4 is 5.91 Å². The van der Waals surface area contributed by atoms with E-state index in [4.69, 9.17) is 4.74 Å². The third kappa shape index (κ3) is 3.75. The summed E-state index contributed by atoms with van der Waals surface area (Å²) in [5.74, 6) is -0.807. The lowest BCUT2D eigenvalue weighted by molar-refractivity contribution is -0.136. The number of halogens is 2. The lowest BCUT2D eigenvalue weighted by Crippen LogP contribution is -2.48. The first-order valence-electron chi connectivity index (χ1n) is 8.51. The lowest BCUT2D eigenvalue weighted by Gasteiger charge is -2.38. The zero-order valence-electron chi connectivity index (χ0n) is 14.2. The molecule has 132 valence electrons. The topological polar surface area (TPSA) is 32.8 Å². The number of piperidine rings is 1. The molecule has 0 aromatic heterocycles. The number of nitrogens with zero attached hydrogens (tertiary/aromatic N) is 2. The monoisotopic (exact) mass is 338 g/mol. The molecule has 0 N–H and O–H groups in total. The molecule has 3 rings (SSSR count). The summed E-state index contributed by atoms with van der Waals surface area (Å²) < 4.78 is 32.7. The van der Waals surface area contributed by atoms with Gasteiger partial charge in [-0.15, -0.1) is 0 Å². The first-order chi connectivity index (χ1) is 11.4. The molecule has 0 unspecified atom stereocenters. The van der Waals surface area contributed by atoms with Crippen LogP contribution in [-0.4, -0.2) is 54.1 Å². The van der Waals surface area contributed by atoms with Gasteiger partial charge in [-0.2, -0.15) is 0 Å². The average Bonchev–Trinajstić information content (AvgIpc) is 2.69. The normalized spacial score (nSPS) is 25.7. The number of carbonyl (C=O) groups excluding carboxylic acids is 1. The minimum atomic E-state index is -0.557. The van der Waals surface area contributed by atoms with Crippen LogP contribution in [0, 0.1) is 17.6 Å². The molecule has 2 aliphatic heterocycles. The van der Waals surface area contributed by atoms with Crippen molar-refractivity contribution < 1.29 is 18.3 Å². The van der Waals surface area contributed by atoms with Crippen molar-refractivity contribution in [3.63, 3.8) is 0 Å². The van der Waals surface area contributed by atoms with E-state index in [2.05, 4.69) is 4.90 Å². The first-order valence-corrected chi connectivity index (χ1v) is 8.51. The second kappa shape index (κ2) is 7.15. The Balaban J connectivity index is 1.68. The van der Waals surface area contributed by atoms with E-state index < -0.39 is 11.6 Å². The van der Waals surface area contributed by atoms with Crippen molar-refractivity contribution in [2.45, 2.75) is 39.0 Å². The maximum atomic E-state index is 13.9. The van der Waals surface area contributed by atoms with Crippen LogP contribution in [0.15, 0.2) is 18.2 Å². The highest BCUT2D eigenvalue weighted by molar-refractivity contribution is 5.78.